The Morgan fingerprint density at radius 1 is 1.45 bits per heavy atom. The average Bonchev–Trinajstić information content (AvgIpc) is 2.38. The number of hydrogen-bond donors (Lipinski definition) is 1. The van der Waals surface area contributed by atoms with Gasteiger partial charge in [-0.3, -0.25) is 0 Å². The van der Waals surface area contributed by atoms with Crippen LogP contribution < -0.4 is 4.74 Å². The molecule has 0 saturated heterocycles. The Morgan fingerprint density at radius 3 is 2.85 bits per heavy atom. The zero-order valence-electron chi connectivity index (χ0n) is 12.7. The van der Waals surface area contributed by atoms with E-state index in [0.717, 1.165) is 30.6 Å². The van der Waals surface area contributed by atoms with E-state index in [-0.39, 0.29) is 0 Å². The first-order chi connectivity index (χ1) is 9.43. The Hall–Kier alpha value is -0.730. The molecule has 0 amide bonds. The van der Waals surface area contributed by atoms with Gasteiger partial charge in [-0.1, -0.05) is 31.9 Å². The topological polar surface area (TPSA) is 29.5 Å². The van der Waals surface area contributed by atoms with Crippen LogP contribution in [-0.4, -0.2) is 17.8 Å². The maximum atomic E-state index is 11.0. The highest BCUT2D eigenvalue weighted by Gasteiger charge is 2.36. The van der Waals surface area contributed by atoms with Gasteiger partial charge in [-0.2, -0.15) is 0 Å². The highest BCUT2D eigenvalue weighted by molar-refractivity contribution is 6.30. The van der Waals surface area contributed by atoms with Gasteiger partial charge in [-0.25, -0.2) is 0 Å². The molecule has 0 radical (unpaired) electrons. The number of halogens is 1. The first-order valence-corrected chi connectivity index (χ1v) is 7.86. The van der Waals surface area contributed by atoms with Gasteiger partial charge in [-0.15, -0.1) is 0 Å². The number of hydrogen-bond acceptors (Lipinski definition) is 2. The molecule has 0 spiro atoms. The third-order valence-corrected chi connectivity index (χ3v) is 4.80. The van der Waals surface area contributed by atoms with Crippen molar-refractivity contribution in [3.8, 4) is 5.75 Å². The lowest BCUT2D eigenvalue weighted by molar-refractivity contribution is -0.0243. The summed E-state index contributed by atoms with van der Waals surface area (Å²) in [6.45, 7) is 4.49. The molecule has 20 heavy (non-hydrogen) atoms. The number of ether oxygens (including phenoxy) is 1. The maximum Gasteiger partial charge on any atom is 0.122 e. The van der Waals surface area contributed by atoms with E-state index in [1.807, 2.05) is 18.2 Å². The van der Waals surface area contributed by atoms with Crippen molar-refractivity contribution in [2.45, 2.75) is 51.6 Å². The van der Waals surface area contributed by atoms with Gasteiger partial charge in [0.1, 0.15) is 5.75 Å². The summed E-state index contributed by atoms with van der Waals surface area (Å²) in [6, 6.07) is 5.62. The quantitative estimate of drug-likeness (QED) is 0.888. The van der Waals surface area contributed by atoms with Crippen molar-refractivity contribution in [1.82, 2.24) is 0 Å². The molecule has 0 aromatic heterocycles. The summed E-state index contributed by atoms with van der Waals surface area (Å²) in [7, 11) is 1.66. The minimum atomic E-state index is -0.620. The molecule has 1 N–H and O–H groups in total. The Balaban J connectivity index is 2.17. The lowest BCUT2D eigenvalue weighted by Gasteiger charge is -2.39. The second-order valence-electron chi connectivity index (χ2n) is 6.46. The molecule has 1 aromatic carbocycles. The molecule has 2 atom stereocenters. The van der Waals surface area contributed by atoms with Crippen molar-refractivity contribution in [3.63, 3.8) is 0 Å². The van der Waals surface area contributed by atoms with E-state index < -0.39 is 5.60 Å². The van der Waals surface area contributed by atoms with Crippen molar-refractivity contribution in [2.75, 3.05) is 7.11 Å². The van der Waals surface area contributed by atoms with Crippen LogP contribution in [0.15, 0.2) is 18.2 Å². The van der Waals surface area contributed by atoms with Crippen molar-refractivity contribution in [3.05, 3.63) is 28.8 Å². The molecule has 0 aliphatic heterocycles. The molecular formula is C17H25ClO2. The van der Waals surface area contributed by atoms with Crippen LogP contribution in [0.1, 0.15) is 45.1 Å². The number of methoxy groups -OCH3 is 1. The van der Waals surface area contributed by atoms with Crippen LogP contribution in [0.3, 0.4) is 0 Å². The molecule has 0 heterocycles. The summed E-state index contributed by atoms with van der Waals surface area (Å²) < 4.78 is 5.39. The molecule has 2 unspecified atom stereocenters. The zero-order valence-corrected chi connectivity index (χ0v) is 13.4. The highest BCUT2D eigenvalue weighted by Crippen LogP contribution is 2.39. The number of aliphatic hydroxyl groups is 1. The molecule has 0 bridgehead atoms. The van der Waals surface area contributed by atoms with Gasteiger partial charge in [0.05, 0.1) is 12.7 Å². The first kappa shape index (κ1) is 15.7. The van der Waals surface area contributed by atoms with E-state index in [9.17, 15) is 5.11 Å². The minimum Gasteiger partial charge on any atom is -0.496 e. The minimum absolute atomic E-state index is 0.610. The molecule has 1 aliphatic carbocycles. The molecule has 1 saturated carbocycles. The van der Waals surface area contributed by atoms with Gasteiger partial charge in [0.15, 0.2) is 0 Å². The SMILES string of the molecule is COc1ccc(Cl)cc1CC1(O)CCCC(C(C)C)C1. The van der Waals surface area contributed by atoms with Crippen LogP contribution in [0.25, 0.3) is 0 Å². The lowest BCUT2D eigenvalue weighted by atomic mass is 9.71. The van der Waals surface area contributed by atoms with Gasteiger partial charge in [0, 0.05) is 11.4 Å². The largest absolute Gasteiger partial charge is 0.496 e. The summed E-state index contributed by atoms with van der Waals surface area (Å²) in [4.78, 5) is 0. The number of rotatable bonds is 4. The van der Waals surface area contributed by atoms with Crippen molar-refractivity contribution in [1.29, 1.82) is 0 Å². The molecule has 2 rings (SSSR count). The average molecular weight is 297 g/mol. The van der Waals surface area contributed by atoms with E-state index >= 15 is 0 Å². The maximum absolute atomic E-state index is 11.0. The van der Waals surface area contributed by atoms with E-state index in [1.54, 1.807) is 7.11 Å². The second-order valence-corrected chi connectivity index (χ2v) is 6.89. The van der Waals surface area contributed by atoms with E-state index in [0.29, 0.717) is 23.3 Å². The molecule has 1 aliphatic rings. The number of benzene rings is 1. The molecular weight excluding hydrogens is 272 g/mol. The predicted molar refractivity (Wildman–Crippen MR) is 83.5 cm³/mol. The van der Waals surface area contributed by atoms with Crippen LogP contribution in [0.5, 0.6) is 5.75 Å². The summed E-state index contributed by atoms with van der Waals surface area (Å²) in [6.07, 6.45) is 4.70. The fraction of sp³-hybridized carbons (Fsp3) is 0.647. The van der Waals surface area contributed by atoms with Crippen LogP contribution in [0, 0.1) is 11.8 Å². The van der Waals surface area contributed by atoms with Crippen LogP contribution in [0.4, 0.5) is 0 Å². The third kappa shape index (κ3) is 3.67. The monoisotopic (exact) mass is 296 g/mol. The molecule has 1 fully saturated rings. The van der Waals surface area contributed by atoms with Gasteiger partial charge >= 0.3 is 0 Å². The Kier molecular flexibility index (Phi) is 4.98. The first-order valence-electron chi connectivity index (χ1n) is 7.48. The Morgan fingerprint density at radius 2 is 2.20 bits per heavy atom. The Bertz CT molecular complexity index is 458. The normalized spacial score (nSPS) is 26.8. The third-order valence-electron chi connectivity index (χ3n) is 4.56. The fourth-order valence-electron chi connectivity index (χ4n) is 3.35. The van der Waals surface area contributed by atoms with Crippen molar-refractivity contribution in [2.24, 2.45) is 11.8 Å². The smallest absolute Gasteiger partial charge is 0.122 e. The Labute approximate surface area is 127 Å². The van der Waals surface area contributed by atoms with Crippen LogP contribution in [-0.2, 0) is 6.42 Å². The zero-order chi connectivity index (χ0) is 14.8. The van der Waals surface area contributed by atoms with E-state index in [2.05, 4.69) is 13.8 Å². The standard InChI is InChI=1S/C17H25ClO2/c1-12(2)13-5-4-8-17(19,10-13)11-14-9-15(18)6-7-16(14)20-3/h6-7,9,12-13,19H,4-5,8,10-11H2,1-3H3. The van der Waals surface area contributed by atoms with Gasteiger partial charge in [0.2, 0.25) is 0 Å². The fourth-order valence-corrected chi connectivity index (χ4v) is 3.55. The van der Waals surface area contributed by atoms with Crippen LogP contribution in [0.2, 0.25) is 5.02 Å². The molecule has 112 valence electrons. The van der Waals surface area contributed by atoms with Gasteiger partial charge in [0.25, 0.3) is 0 Å². The molecule has 3 heteroatoms. The summed E-state index contributed by atoms with van der Waals surface area (Å²) in [5, 5.41) is 11.7. The van der Waals surface area contributed by atoms with Crippen molar-refractivity contribution < 1.29 is 9.84 Å². The summed E-state index contributed by atoms with van der Waals surface area (Å²) in [5.41, 5.74) is 0.387. The van der Waals surface area contributed by atoms with Crippen molar-refractivity contribution >= 4 is 11.6 Å². The highest BCUT2D eigenvalue weighted by atomic mass is 35.5. The molecule has 2 nitrogen and oxygen atoms in total. The van der Waals surface area contributed by atoms with Gasteiger partial charge < -0.3 is 9.84 Å². The summed E-state index contributed by atoms with van der Waals surface area (Å²) in [5.74, 6) is 2.05. The van der Waals surface area contributed by atoms with E-state index in [1.165, 1.54) is 6.42 Å². The lowest BCUT2D eigenvalue weighted by Crippen LogP contribution is -2.38. The predicted octanol–water partition coefficient (Wildman–Crippen LogP) is 4.47. The van der Waals surface area contributed by atoms with Gasteiger partial charge in [-0.05, 0) is 54.9 Å². The van der Waals surface area contributed by atoms with E-state index in [4.69, 9.17) is 16.3 Å². The molecule has 1 aromatic rings. The van der Waals surface area contributed by atoms with Crippen LogP contribution >= 0.6 is 11.6 Å². The second kappa shape index (κ2) is 6.36. The summed E-state index contributed by atoms with van der Waals surface area (Å²) >= 11 is 6.08.